The lowest BCUT2D eigenvalue weighted by Crippen LogP contribution is -2.01. The fourth-order valence-corrected chi connectivity index (χ4v) is 3.05. The summed E-state index contributed by atoms with van der Waals surface area (Å²) in [4.78, 5) is 13.1. The molecule has 0 amide bonds. The number of pyridine rings is 1. The van der Waals surface area contributed by atoms with Gasteiger partial charge in [0.05, 0.1) is 26.9 Å². The third-order valence-corrected chi connectivity index (χ3v) is 4.38. The van der Waals surface area contributed by atoms with E-state index in [9.17, 15) is 0 Å². The second kappa shape index (κ2) is 7.15. The Morgan fingerprint density at radius 1 is 0.731 bits per heavy atom. The normalized spacial score (nSPS) is 10.7. The Labute approximate surface area is 160 Å². The van der Waals surface area contributed by atoms with Crippen LogP contribution in [0, 0.1) is 0 Å². The van der Waals surface area contributed by atoms with Gasteiger partial charge >= 0.3 is 0 Å². The molecule has 0 saturated carbocycles. The van der Waals surface area contributed by atoms with Gasteiger partial charge in [0, 0.05) is 17.8 Å². The van der Waals surface area contributed by atoms with E-state index in [2.05, 4.69) is 25.6 Å². The summed E-state index contributed by atoms with van der Waals surface area (Å²) in [6, 6.07) is 16.9. The van der Waals surface area contributed by atoms with Crippen molar-refractivity contribution >= 4 is 57.2 Å². The molecule has 0 aliphatic heterocycles. The SMILES string of the molecule is Clc1cccc(Cl)c1Nc1nccc(Nc2cccc3cccnc23)n1. The van der Waals surface area contributed by atoms with Crippen molar-refractivity contribution in [2.45, 2.75) is 0 Å². The lowest BCUT2D eigenvalue weighted by atomic mass is 10.2. The van der Waals surface area contributed by atoms with Gasteiger partial charge in [0.1, 0.15) is 5.82 Å². The number of halogens is 2. The van der Waals surface area contributed by atoms with Gasteiger partial charge in [0.25, 0.3) is 0 Å². The highest BCUT2D eigenvalue weighted by molar-refractivity contribution is 6.39. The number of benzene rings is 2. The molecule has 2 aromatic heterocycles. The van der Waals surface area contributed by atoms with Crippen LogP contribution in [-0.4, -0.2) is 15.0 Å². The fraction of sp³-hybridized carbons (Fsp3) is 0. The highest BCUT2D eigenvalue weighted by Gasteiger charge is 2.08. The lowest BCUT2D eigenvalue weighted by Gasteiger charge is -2.11. The lowest BCUT2D eigenvalue weighted by molar-refractivity contribution is 1.17. The largest absolute Gasteiger partial charge is 0.338 e. The van der Waals surface area contributed by atoms with Gasteiger partial charge in [-0.05, 0) is 30.3 Å². The minimum absolute atomic E-state index is 0.387. The highest BCUT2D eigenvalue weighted by atomic mass is 35.5. The van der Waals surface area contributed by atoms with E-state index in [-0.39, 0.29) is 0 Å². The molecule has 0 aliphatic carbocycles. The number of nitrogens with one attached hydrogen (secondary N) is 2. The van der Waals surface area contributed by atoms with E-state index in [0.29, 0.717) is 27.5 Å². The van der Waals surface area contributed by atoms with Gasteiger partial charge in [-0.1, -0.05) is 47.5 Å². The first-order chi connectivity index (χ1) is 12.7. The average Bonchev–Trinajstić information content (AvgIpc) is 2.66. The molecule has 0 saturated heterocycles. The Morgan fingerprint density at radius 3 is 2.35 bits per heavy atom. The molecule has 4 aromatic rings. The van der Waals surface area contributed by atoms with E-state index in [4.69, 9.17) is 23.2 Å². The van der Waals surface area contributed by atoms with Crippen molar-refractivity contribution in [2.24, 2.45) is 0 Å². The molecule has 0 atom stereocenters. The van der Waals surface area contributed by atoms with Gasteiger partial charge in [-0.15, -0.1) is 0 Å². The number of aromatic nitrogens is 3. The van der Waals surface area contributed by atoms with Gasteiger partial charge < -0.3 is 10.6 Å². The predicted molar refractivity (Wildman–Crippen MR) is 107 cm³/mol. The first kappa shape index (κ1) is 16.6. The van der Waals surface area contributed by atoms with E-state index in [1.807, 2.05) is 30.3 Å². The molecule has 4 rings (SSSR count). The van der Waals surface area contributed by atoms with Crippen molar-refractivity contribution in [3.05, 3.63) is 77.0 Å². The Kier molecular flexibility index (Phi) is 4.56. The van der Waals surface area contributed by atoms with E-state index < -0.39 is 0 Å². The second-order valence-corrected chi connectivity index (χ2v) is 6.31. The van der Waals surface area contributed by atoms with Crippen LogP contribution in [-0.2, 0) is 0 Å². The van der Waals surface area contributed by atoms with Crippen LogP contribution in [0.2, 0.25) is 10.0 Å². The summed E-state index contributed by atoms with van der Waals surface area (Å²) in [5.74, 6) is 1.02. The van der Waals surface area contributed by atoms with Crippen molar-refractivity contribution in [3.63, 3.8) is 0 Å². The zero-order valence-corrected chi connectivity index (χ0v) is 15.0. The first-order valence-corrected chi connectivity index (χ1v) is 8.61. The molecule has 5 nitrogen and oxygen atoms in total. The van der Waals surface area contributed by atoms with Crippen molar-refractivity contribution in [1.29, 1.82) is 0 Å². The maximum absolute atomic E-state index is 6.19. The molecule has 7 heteroatoms. The van der Waals surface area contributed by atoms with E-state index in [1.54, 1.807) is 36.7 Å². The highest BCUT2D eigenvalue weighted by Crippen LogP contribution is 2.32. The molecular weight excluding hydrogens is 369 g/mol. The number of para-hydroxylation sites is 2. The zero-order valence-electron chi connectivity index (χ0n) is 13.4. The summed E-state index contributed by atoms with van der Waals surface area (Å²) in [6.45, 7) is 0. The van der Waals surface area contributed by atoms with Crippen LogP contribution in [0.25, 0.3) is 10.9 Å². The van der Waals surface area contributed by atoms with Gasteiger partial charge in [0.15, 0.2) is 0 Å². The molecule has 0 spiro atoms. The molecule has 0 bridgehead atoms. The topological polar surface area (TPSA) is 62.7 Å². The first-order valence-electron chi connectivity index (χ1n) is 7.85. The third-order valence-electron chi connectivity index (χ3n) is 3.75. The Hall–Kier alpha value is -2.89. The quantitative estimate of drug-likeness (QED) is 0.466. The summed E-state index contributed by atoms with van der Waals surface area (Å²) in [5, 5.41) is 8.39. The van der Waals surface area contributed by atoms with Crippen LogP contribution < -0.4 is 10.6 Å². The third kappa shape index (κ3) is 3.40. The van der Waals surface area contributed by atoms with Crippen LogP contribution in [0.15, 0.2) is 67.0 Å². The summed E-state index contributed by atoms with van der Waals surface area (Å²) in [6.07, 6.45) is 3.42. The summed E-state index contributed by atoms with van der Waals surface area (Å²) in [7, 11) is 0. The molecule has 2 N–H and O–H groups in total. The molecule has 128 valence electrons. The molecule has 0 aliphatic rings. The molecule has 2 aromatic carbocycles. The minimum atomic E-state index is 0.387. The van der Waals surface area contributed by atoms with Crippen LogP contribution >= 0.6 is 23.2 Å². The standard InChI is InChI=1S/C19H13Cl2N5/c20-13-6-2-7-14(21)18(13)26-19-23-11-9-16(25-19)24-15-8-1-4-12-5-3-10-22-17(12)15/h1-11H,(H2,23,24,25,26). The van der Waals surface area contributed by atoms with Crippen molar-refractivity contribution < 1.29 is 0 Å². The van der Waals surface area contributed by atoms with Crippen molar-refractivity contribution in [1.82, 2.24) is 15.0 Å². The molecule has 0 unspecified atom stereocenters. The predicted octanol–water partition coefficient (Wildman–Crippen LogP) is 5.82. The van der Waals surface area contributed by atoms with Crippen LogP contribution in [0.5, 0.6) is 0 Å². The molecular formula is C19H13Cl2N5. The maximum atomic E-state index is 6.19. The number of nitrogens with zero attached hydrogens (tertiary/aromatic N) is 3. The van der Waals surface area contributed by atoms with Gasteiger partial charge in [-0.25, -0.2) is 4.98 Å². The Bertz CT molecular complexity index is 1060. The van der Waals surface area contributed by atoms with Crippen LogP contribution in [0.1, 0.15) is 0 Å². The molecule has 2 heterocycles. The zero-order chi connectivity index (χ0) is 17.9. The summed E-state index contributed by atoms with van der Waals surface area (Å²) in [5.41, 5.74) is 2.31. The number of hydrogen-bond donors (Lipinski definition) is 2. The summed E-state index contributed by atoms with van der Waals surface area (Å²) < 4.78 is 0. The molecule has 0 fully saturated rings. The second-order valence-electron chi connectivity index (χ2n) is 5.49. The minimum Gasteiger partial charge on any atom is -0.338 e. The van der Waals surface area contributed by atoms with Gasteiger partial charge in [0.2, 0.25) is 5.95 Å². The Balaban J connectivity index is 1.64. The van der Waals surface area contributed by atoms with Crippen molar-refractivity contribution in [3.8, 4) is 0 Å². The number of hydrogen-bond acceptors (Lipinski definition) is 5. The van der Waals surface area contributed by atoms with E-state index in [0.717, 1.165) is 16.6 Å². The van der Waals surface area contributed by atoms with Crippen LogP contribution in [0.4, 0.5) is 23.1 Å². The van der Waals surface area contributed by atoms with Gasteiger partial charge in [-0.3, -0.25) is 4.98 Å². The Morgan fingerprint density at radius 2 is 1.50 bits per heavy atom. The summed E-state index contributed by atoms with van der Waals surface area (Å²) >= 11 is 12.4. The number of rotatable bonds is 4. The average molecular weight is 382 g/mol. The number of anilines is 4. The number of fused-ring (bicyclic) bond motifs is 1. The monoisotopic (exact) mass is 381 g/mol. The van der Waals surface area contributed by atoms with Crippen LogP contribution in [0.3, 0.4) is 0 Å². The van der Waals surface area contributed by atoms with E-state index in [1.165, 1.54) is 0 Å². The molecule has 26 heavy (non-hydrogen) atoms. The maximum Gasteiger partial charge on any atom is 0.229 e. The van der Waals surface area contributed by atoms with Crippen molar-refractivity contribution in [2.75, 3.05) is 10.6 Å². The smallest absolute Gasteiger partial charge is 0.229 e. The van der Waals surface area contributed by atoms with E-state index >= 15 is 0 Å². The molecule has 0 radical (unpaired) electrons. The fourth-order valence-electron chi connectivity index (χ4n) is 2.56. The van der Waals surface area contributed by atoms with Gasteiger partial charge in [-0.2, -0.15) is 4.98 Å².